The Morgan fingerprint density at radius 1 is 1.17 bits per heavy atom. The van der Waals surface area contributed by atoms with Crippen molar-refractivity contribution in [3.05, 3.63) is 17.2 Å². The SMILES string of the molecule is Cc1nc(C2CC2)nc(C)c1N. The van der Waals surface area contributed by atoms with Gasteiger partial charge in [-0.1, -0.05) is 0 Å². The molecule has 1 heterocycles. The Balaban J connectivity index is 2.45. The zero-order chi connectivity index (χ0) is 8.72. The van der Waals surface area contributed by atoms with Crippen LogP contribution in [0.3, 0.4) is 0 Å². The van der Waals surface area contributed by atoms with Crippen LogP contribution in [-0.2, 0) is 0 Å². The second kappa shape index (κ2) is 2.44. The van der Waals surface area contributed by atoms with Crippen LogP contribution in [0.4, 0.5) is 5.69 Å². The van der Waals surface area contributed by atoms with E-state index in [0.717, 1.165) is 22.9 Å². The van der Waals surface area contributed by atoms with E-state index in [-0.39, 0.29) is 0 Å². The molecule has 0 atom stereocenters. The first kappa shape index (κ1) is 7.53. The molecule has 3 heteroatoms. The fourth-order valence-electron chi connectivity index (χ4n) is 1.28. The van der Waals surface area contributed by atoms with E-state index in [0.29, 0.717) is 5.92 Å². The molecule has 0 radical (unpaired) electrons. The van der Waals surface area contributed by atoms with Crippen molar-refractivity contribution in [3.8, 4) is 0 Å². The minimum Gasteiger partial charge on any atom is -0.396 e. The molecule has 1 aromatic heterocycles. The number of aromatic nitrogens is 2. The number of hydrogen-bond acceptors (Lipinski definition) is 3. The maximum Gasteiger partial charge on any atom is 0.132 e. The maximum absolute atomic E-state index is 5.75. The molecular weight excluding hydrogens is 150 g/mol. The van der Waals surface area contributed by atoms with Crippen LogP contribution >= 0.6 is 0 Å². The lowest BCUT2D eigenvalue weighted by molar-refractivity contribution is 0.890. The summed E-state index contributed by atoms with van der Waals surface area (Å²) in [7, 11) is 0. The van der Waals surface area contributed by atoms with E-state index in [1.165, 1.54) is 12.8 Å². The monoisotopic (exact) mass is 163 g/mol. The van der Waals surface area contributed by atoms with Crippen LogP contribution in [0.2, 0.25) is 0 Å². The lowest BCUT2D eigenvalue weighted by Crippen LogP contribution is -2.03. The van der Waals surface area contributed by atoms with Crippen LogP contribution in [0.25, 0.3) is 0 Å². The standard InChI is InChI=1S/C9H13N3/c1-5-8(10)6(2)12-9(11-5)7-3-4-7/h7H,3-4,10H2,1-2H3. The van der Waals surface area contributed by atoms with Gasteiger partial charge in [-0.2, -0.15) is 0 Å². The van der Waals surface area contributed by atoms with Gasteiger partial charge >= 0.3 is 0 Å². The van der Waals surface area contributed by atoms with Crippen molar-refractivity contribution >= 4 is 5.69 Å². The third kappa shape index (κ3) is 1.15. The van der Waals surface area contributed by atoms with Gasteiger partial charge in [0.1, 0.15) is 5.82 Å². The molecule has 0 bridgehead atoms. The normalized spacial score (nSPS) is 16.5. The summed E-state index contributed by atoms with van der Waals surface area (Å²) in [6, 6.07) is 0. The second-order valence-corrected chi connectivity index (χ2v) is 3.44. The van der Waals surface area contributed by atoms with Crippen LogP contribution < -0.4 is 5.73 Å². The van der Waals surface area contributed by atoms with Crippen molar-refractivity contribution in [1.29, 1.82) is 0 Å². The van der Waals surface area contributed by atoms with E-state index < -0.39 is 0 Å². The van der Waals surface area contributed by atoms with E-state index in [4.69, 9.17) is 5.73 Å². The van der Waals surface area contributed by atoms with Crippen molar-refractivity contribution in [2.45, 2.75) is 32.6 Å². The van der Waals surface area contributed by atoms with Gasteiger partial charge in [0, 0.05) is 5.92 Å². The molecule has 2 rings (SSSR count). The molecule has 2 N–H and O–H groups in total. The summed E-state index contributed by atoms with van der Waals surface area (Å²) in [5.41, 5.74) is 8.32. The van der Waals surface area contributed by atoms with Gasteiger partial charge in [0.25, 0.3) is 0 Å². The summed E-state index contributed by atoms with van der Waals surface area (Å²) in [4.78, 5) is 8.72. The quantitative estimate of drug-likeness (QED) is 0.683. The van der Waals surface area contributed by atoms with Crippen LogP contribution in [0, 0.1) is 13.8 Å². The van der Waals surface area contributed by atoms with Crippen molar-refractivity contribution in [2.75, 3.05) is 5.73 Å². The number of aryl methyl sites for hydroxylation is 2. The van der Waals surface area contributed by atoms with Crippen LogP contribution in [0.5, 0.6) is 0 Å². The number of anilines is 1. The molecule has 3 nitrogen and oxygen atoms in total. The molecule has 1 aromatic rings. The lowest BCUT2D eigenvalue weighted by Gasteiger charge is -2.05. The maximum atomic E-state index is 5.75. The summed E-state index contributed by atoms with van der Waals surface area (Å²) >= 11 is 0. The van der Waals surface area contributed by atoms with E-state index in [2.05, 4.69) is 9.97 Å². The van der Waals surface area contributed by atoms with E-state index >= 15 is 0 Å². The average Bonchev–Trinajstić information content (AvgIpc) is 2.81. The van der Waals surface area contributed by atoms with Crippen LogP contribution in [-0.4, -0.2) is 9.97 Å². The molecule has 12 heavy (non-hydrogen) atoms. The van der Waals surface area contributed by atoms with Crippen molar-refractivity contribution in [1.82, 2.24) is 9.97 Å². The smallest absolute Gasteiger partial charge is 0.132 e. The highest BCUT2D eigenvalue weighted by Gasteiger charge is 2.27. The predicted molar refractivity (Wildman–Crippen MR) is 47.9 cm³/mol. The van der Waals surface area contributed by atoms with Crippen molar-refractivity contribution in [3.63, 3.8) is 0 Å². The van der Waals surface area contributed by atoms with Crippen molar-refractivity contribution < 1.29 is 0 Å². The minimum absolute atomic E-state index is 0.614. The molecule has 1 aliphatic rings. The van der Waals surface area contributed by atoms with Gasteiger partial charge in [-0.15, -0.1) is 0 Å². The highest BCUT2D eigenvalue weighted by Crippen LogP contribution is 2.38. The molecule has 1 saturated carbocycles. The Morgan fingerprint density at radius 2 is 1.67 bits per heavy atom. The molecule has 0 aromatic carbocycles. The predicted octanol–water partition coefficient (Wildman–Crippen LogP) is 1.55. The van der Waals surface area contributed by atoms with Gasteiger partial charge in [-0.3, -0.25) is 0 Å². The zero-order valence-corrected chi connectivity index (χ0v) is 7.46. The summed E-state index contributed by atoms with van der Waals surface area (Å²) in [6.45, 7) is 3.88. The molecule has 0 amide bonds. The fraction of sp³-hybridized carbons (Fsp3) is 0.556. The Labute approximate surface area is 72.0 Å². The zero-order valence-electron chi connectivity index (χ0n) is 7.46. The molecule has 0 saturated heterocycles. The minimum atomic E-state index is 0.614. The lowest BCUT2D eigenvalue weighted by atomic mass is 10.2. The number of nitrogens with two attached hydrogens (primary N) is 1. The van der Waals surface area contributed by atoms with E-state index in [1.807, 2.05) is 13.8 Å². The van der Waals surface area contributed by atoms with Gasteiger partial charge < -0.3 is 5.73 Å². The van der Waals surface area contributed by atoms with Crippen molar-refractivity contribution in [2.24, 2.45) is 0 Å². The van der Waals surface area contributed by atoms with Crippen LogP contribution in [0.1, 0.15) is 36.0 Å². The van der Waals surface area contributed by atoms with Gasteiger partial charge in [0.15, 0.2) is 0 Å². The number of rotatable bonds is 1. The first-order valence-corrected chi connectivity index (χ1v) is 4.29. The topological polar surface area (TPSA) is 51.8 Å². The average molecular weight is 163 g/mol. The number of hydrogen-bond donors (Lipinski definition) is 1. The summed E-state index contributed by atoms with van der Waals surface area (Å²) in [5.74, 6) is 1.60. The first-order chi connectivity index (χ1) is 5.68. The second-order valence-electron chi connectivity index (χ2n) is 3.44. The van der Waals surface area contributed by atoms with E-state index in [9.17, 15) is 0 Å². The summed E-state index contributed by atoms with van der Waals surface area (Å²) < 4.78 is 0. The van der Waals surface area contributed by atoms with Crippen LogP contribution in [0.15, 0.2) is 0 Å². The highest BCUT2D eigenvalue weighted by molar-refractivity contribution is 5.46. The largest absolute Gasteiger partial charge is 0.396 e. The highest BCUT2D eigenvalue weighted by atomic mass is 14.9. The molecule has 64 valence electrons. The molecule has 1 aliphatic carbocycles. The fourth-order valence-corrected chi connectivity index (χ4v) is 1.28. The van der Waals surface area contributed by atoms with Gasteiger partial charge in [0.2, 0.25) is 0 Å². The third-order valence-corrected chi connectivity index (χ3v) is 2.29. The first-order valence-electron chi connectivity index (χ1n) is 4.29. The van der Waals surface area contributed by atoms with Gasteiger partial charge in [0.05, 0.1) is 17.1 Å². The molecular formula is C9H13N3. The van der Waals surface area contributed by atoms with E-state index in [1.54, 1.807) is 0 Å². The Kier molecular flexibility index (Phi) is 1.53. The van der Waals surface area contributed by atoms with Gasteiger partial charge in [-0.05, 0) is 26.7 Å². The molecule has 0 aliphatic heterocycles. The molecule has 0 unspecified atom stereocenters. The Bertz CT molecular complexity index is 293. The Hall–Kier alpha value is -1.12. The van der Waals surface area contributed by atoms with Gasteiger partial charge in [-0.25, -0.2) is 9.97 Å². The molecule has 1 fully saturated rings. The summed E-state index contributed by atoms with van der Waals surface area (Å²) in [5, 5.41) is 0. The third-order valence-electron chi connectivity index (χ3n) is 2.29. The Morgan fingerprint density at radius 3 is 2.08 bits per heavy atom. The number of nitrogen functional groups attached to an aromatic ring is 1. The summed E-state index contributed by atoms with van der Waals surface area (Å²) in [6.07, 6.45) is 2.48. The molecule has 0 spiro atoms. The number of nitrogens with zero attached hydrogens (tertiary/aromatic N) is 2.